The lowest BCUT2D eigenvalue weighted by atomic mass is 10.1. The summed E-state index contributed by atoms with van der Waals surface area (Å²) in [4.78, 5) is 10.7. The molecule has 1 aromatic carbocycles. The van der Waals surface area contributed by atoms with Crippen molar-refractivity contribution in [1.82, 2.24) is 0 Å². The molecule has 0 saturated carbocycles. The van der Waals surface area contributed by atoms with Crippen molar-refractivity contribution in [1.29, 1.82) is 0 Å². The zero-order chi connectivity index (χ0) is 10.4. The minimum absolute atomic E-state index is 0.669. The summed E-state index contributed by atoms with van der Waals surface area (Å²) in [6, 6.07) is 5.36. The highest BCUT2D eigenvalue weighted by atomic mass is 79.9. The molecule has 2 nitrogen and oxygen atoms in total. The number of allylic oxidation sites excluding steroid dienone is 1. The highest BCUT2D eigenvalue weighted by Gasteiger charge is 1.99. The van der Waals surface area contributed by atoms with E-state index in [0.29, 0.717) is 5.56 Å². The van der Waals surface area contributed by atoms with Crippen molar-refractivity contribution in [3.05, 3.63) is 35.4 Å². The molecule has 0 spiro atoms. The Labute approximate surface area is 91.7 Å². The first-order chi connectivity index (χ1) is 6.81. The molecule has 14 heavy (non-hydrogen) atoms. The Morgan fingerprint density at radius 2 is 2.21 bits per heavy atom. The summed E-state index contributed by atoms with van der Waals surface area (Å²) in [6.45, 7) is 0. The molecule has 0 amide bonds. The number of carbonyl (C=O) groups excluding carboxylic acids is 1. The van der Waals surface area contributed by atoms with Crippen LogP contribution < -0.4 is 4.74 Å². The molecular formula is C11H11BrO2. The number of rotatable bonds is 4. The summed E-state index contributed by atoms with van der Waals surface area (Å²) < 4.78 is 5.07. The van der Waals surface area contributed by atoms with Crippen molar-refractivity contribution >= 4 is 28.3 Å². The summed E-state index contributed by atoms with van der Waals surface area (Å²) in [5.74, 6) is 0.754. The van der Waals surface area contributed by atoms with Gasteiger partial charge in [0.25, 0.3) is 0 Å². The lowest BCUT2D eigenvalue weighted by Crippen LogP contribution is -1.89. The van der Waals surface area contributed by atoms with Gasteiger partial charge < -0.3 is 4.74 Å². The van der Waals surface area contributed by atoms with Gasteiger partial charge in [-0.05, 0) is 23.8 Å². The largest absolute Gasteiger partial charge is 0.497 e. The number of carbonyl (C=O) groups is 1. The molecule has 1 aromatic rings. The number of methoxy groups -OCH3 is 1. The molecule has 3 heteroatoms. The first-order valence-electron chi connectivity index (χ1n) is 4.17. The maximum absolute atomic E-state index is 10.7. The average molecular weight is 255 g/mol. The Morgan fingerprint density at radius 3 is 2.79 bits per heavy atom. The number of halogens is 1. The van der Waals surface area contributed by atoms with E-state index in [-0.39, 0.29) is 0 Å². The van der Waals surface area contributed by atoms with Crippen LogP contribution in [0, 0.1) is 0 Å². The van der Waals surface area contributed by atoms with E-state index in [0.717, 1.165) is 22.9 Å². The first-order valence-corrected chi connectivity index (χ1v) is 5.29. The van der Waals surface area contributed by atoms with Crippen LogP contribution in [-0.2, 0) is 0 Å². The Bertz CT molecular complexity index is 345. The second-order valence-corrected chi connectivity index (χ2v) is 3.32. The minimum atomic E-state index is 0.669. The number of aldehydes is 1. The normalized spacial score (nSPS) is 10.4. The van der Waals surface area contributed by atoms with E-state index in [1.54, 1.807) is 19.2 Å². The minimum Gasteiger partial charge on any atom is -0.497 e. The summed E-state index contributed by atoms with van der Waals surface area (Å²) in [5, 5.41) is 0.766. The van der Waals surface area contributed by atoms with Crippen LogP contribution in [0.5, 0.6) is 5.75 Å². The van der Waals surface area contributed by atoms with Crippen molar-refractivity contribution in [3.8, 4) is 5.75 Å². The fourth-order valence-corrected chi connectivity index (χ4v) is 1.29. The van der Waals surface area contributed by atoms with Gasteiger partial charge in [0.2, 0.25) is 0 Å². The summed E-state index contributed by atoms with van der Waals surface area (Å²) in [5.41, 5.74) is 1.54. The SMILES string of the molecule is COc1ccc(C=O)c(C=CCBr)c1. The Hall–Kier alpha value is -1.09. The quantitative estimate of drug-likeness (QED) is 0.610. The van der Waals surface area contributed by atoms with E-state index >= 15 is 0 Å². The molecule has 0 aliphatic rings. The van der Waals surface area contributed by atoms with Crippen molar-refractivity contribution < 1.29 is 9.53 Å². The third-order valence-electron chi connectivity index (χ3n) is 1.81. The van der Waals surface area contributed by atoms with Gasteiger partial charge in [0, 0.05) is 10.9 Å². The molecule has 0 unspecified atom stereocenters. The number of hydrogen-bond acceptors (Lipinski definition) is 2. The average Bonchev–Trinajstić information content (AvgIpc) is 2.25. The molecule has 0 aliphatic carbocycles. The van der Waals surface area contributed by atoms with E-state index in [4.69, 9.17) is 4.74 Å². The Balaban J connectivity index is 3.08. The zero-order valence-corrected chi connectivity index (χ0v) is 9.45. The lowest BCUT2D eigenvalue weighted by Gasteiger charge is -2.03. The van der Waals surface area contributed by atoms with Crippen molar-refractivity contribution in [2.24, 2.45) is 0 Å². The second-order valence-electron chi connectivity index (χ2n) is 2.67. The zero-order valence-electron chi connectivity index (χ0n) is 7.87. The van der Waals surface area contributed by atoms with Gasteiger partial charge in [-0.1, -0.05) is 28.1 Å². The van der Waals surface area contributed by atoms with Crippen molar-refractivity contribution in [2.75, 3.05) is 12.4 Å². The monoisotopic (exact) mass is 254 g/mol. The molecule has 0 N–H and O–H groups in total. The van der Waals surface area contributed by atoms with Gasteiger partial charge in [0.15, 0.2) is 6.29 Å². The second kappa shape index (κ2) is 5.60. The Morgan fingerprint density at radius 1 is 1.43 bits per heavy atom. The van der Waals surface area contributed by atoms with E-state index in [1.165, 1.54) is 0 Å². The van der Waals surface area contributed by atoms with E-state index < -0.39 is 0 Å². The predicted octanol–water partition coefficient (Wildman–Crippen LogP) is 2.92. The standard InChI is InChI=1S/C11H11BrO2/c1-14-11-5-4-10(8-13)9(7-11)3-2-6-12/h2-5,7-8H,6H2,1H3. The van der Waals surface area contributed by atoms with Gasteiger partial charge in [-0.15, -0.1) is 0 Å². The summed E-state index contributed by atoms with van der Waals surface area (Å²) >= 11 is 3.28. The molecule has 0 bridgehead atoms. The molecule has 74 valence electrons. The molecular weight excluding hydrogens is 244 g/mol. The number of ether oxygens (including phenoxy) is 1. The molecule has 0 aromatic heterocycles. The third-order valence-corrected chi connectivity index (χ3v) is 2.18. The van der Waals surface area contributed by atoms with Crippen LogP contribution in [0.2, 0.25) is 0 Å². The van der Waals surface area contributed by atoms with Gasteiger partial charge in [0.1, 0.15) is 5.75 Å². The molecule has 0 fully saturated rings. The number of hydrogen-bond donors (Lipinski definition) is 0. The number of benzene rings is 1. The van der Waals surface area contributed by atoms with Gasteiger partial charge in [0.05, 0.1) is 7.11 Å². The van der Waals surface area contributed by atoms with Crippen LogP contribution in [-0.4, -0.2) is 18.7 Å². The fraction of sp³-hybridized carbons (Fsp3) is 0.182. The third kappa shape index (κ3) is 2.70. The van der Waals surface area contributed by atoms with Crippen LogP contribution in [0.15, 0.2) is 24.3 Å². The lowest BCUT2D eigenvalue weighted by molar-refractivity contribution is 0.112. The van der Waals surface area contributed by atoms with Crippen LogP contribution in [0.25, 0.3) is 6.08 Å². The van der Waals surface area contributed by atoms with Crippen LogP contribution >= 0.6 is 15.9 Å². The highest BCUT2D eigenvalue weighted by molar-refractivity contribution is 9.09. The fourth-order valence-electron chi connectivity index (χ4n) is 1.10. The van der Waals surface area contributed by atoms with E-state index in [9.17, 15) is 4.79 Å². The topological polar surface area (TPSA) is 26.3 Å². The van der Waals surface area contributed by atoms with E-state index in [2.05, 4.69) is 15.9 Å². The van der Waals surface area contributed by atoms with Gasteiger partial charge in [-0.25, -0.2) is 0 Å². The molecule has 0 heterocycles. The molecule has 0 aliphatic heterocycles. The molecule has 0 radical (unpaired) electrons. The van der Waals surface area contributed by atoms with Crippen molar-refractivity contribution in [2.45, 2.75) is 0 Å². The highest BCUT2D eigenvalue weighted by Crippen LogP contribution is 2.17. The first kappa shape index (κ1) is 11.0. The van der Waals surface area contributed by atoms with Crippen LogP contribution in [0.4, 0.5) is 0 Å². The smallest absolute Gasteiger partial charge is 0.150 e. The summed E-state index contributed by atoms with van der Waals surface area (Å²) in [6.07, 6.45) is 4.66. The molecule has 0 saturated heterocycles. The van der Waals surface area contributed by atoms with Gasteiger partial charge in [-0.3, -0.25) is 4.79 Å². The maximum Gasteiger partial charge on any atom is 0.150 e. The van der Waals surface area contributed by atoms with Gasteiger partial charge in [-0.2, -0.15) is 0 Å². The van der Waals surface area contributed by atoms with Gasteiger partial charge >= 0.3 is 0 Å². The van der Waals surface area contributed by atoms with Crippen molar-refractivity contribution in [3.63, 3.8) is 0 Å². The Kier molecular flexibility index (Phi) is 4.40. The summed E-state index contributed by atoms with van der Waals surface area (Å²) in [7, 11) is 1.61. The molecule has 0 atom stereocenters. The van der Waals surface area contributed by atoms with Crippen LogP contribution in [0.1, 0.15) is 15.9 Å². The van der Waals surface area contributed by atoms with E-state index in [1.807, 2.05) is 18.2 Å². The molecule has 1 rings (SSSR count). The maximum atomic E-state index is 10.7. The predicted molar refractivity (Wildman–Crippen MR) is 61.2 cm³/mol. The number of alkyl halides is 1. The van der Waals surface area contributed by atoms with Crippen LogP contribution in [0.3, 0.4) is 0 Å².